The minimum atomic E-state index is 0.498. The summed E-state index contributed by atoms with van der Waals surface area (Å²) in [7, 11) is 0. The number of rotatable bonds is 6. The van der Waals surface area contributed by atoms with Crippen molar-refractivity contribution in [2.24, 2.45) is 0 Å². The molecule has 0 spiro atoms. The van der Waals surface area contributed by atoms with Crippen molar-refractivity contribution in [2.45, 2.75) is 13.3 Å². The molecule has 0 aliphatic heterocycles. The highest BCUT2D eigenvalue weighted by Crippen LogP contribution is 2.26. The van der Waals surface area contributed by atoms with E-state index in [9.17, 15) is 4.79 Å². The Kier molecular flexibility index (Phi) is 5.06. The topological polar surface area (TPSA) is 20.3 Å². The van der Waals surface area contributed by atoms with Crippen LogP contribution in [0.4, 0.5) is 5.69 Å². The molecule has 0 aliphatic carbocycles. The lowest BCUT2D eigenvalue weighted by Gasteiger charge is -2.24. The predicted octanol–water partition coefficient (Wildman–Crippen LogP) is 3.55. The largest absolute Gasteiger partial charge is 0.367 e. The second kappa shape index (κ2) is 6.33. The number of benzene rings is 1. The van der Waals surface area contributed by atoms with Crippen LogP contribution in [0.3, 0.4) is 0 Å². The molecule has 0 saturated carbocycles. The van der Waals surface area contributed by atoms with Gasteiger partial charge in [0.2, 0.25) is 0 Å². The lowest BCUT2D eigenvalue weighted by atomic mass is 10.1. The Morgan fingerprint density at radius 1 is 1.50 bits per heavy atom. The Hall–Kier alpha value is -1.28. The van der Waals surface area contributed by atoms with Gasteiger partial charge in [-0.15, -0.1) is 6.58 Å². The van der Waals surface area contributed by atoms with Gasteiger partial charge in [-0.05, 0) is 18.6 Å². The van der Waals surface area contributed by atoms with Crippen molar-refractivity contribution in [2.75, 3.05) is 18.0 Å². The van der Waals surface area contributed by atoms with Crippen molar-refractivity contribution in [1.82, 2.24) is 0 Å². The Labute approximate surface area is 102 Å². The minimum Gasteiger partial charge on any atom is -0.367 e. The predicted molar refractivity (Wildman–Crippen MR) is 69.5 cm³/mol. The number of carbonyl (C=O) groups is 1. The van der Waals surface area contributed by atoms with E-state index in [1.807, 2.05) is 18.2 Å². The third-order valence-corrected chi connectivity index (χ3v) is 2.66. The smallest absolute Gasteiger partial charge is 0.153 e. The summed E-state index contributed by atoms with van der Waals surface area (Å²) in [5, 5.41) is 0.498. The first-order chi connectivity index (χ1) is 7.74. The molecule has 0 radical (unpaired) electrons. The SMILES string of the molecule is C=CCN(CCC)c1cccc(Cl)c1C=O. The summed E-state index contributed by atoms with van der Waals surface area (Å²) in [5.74, 6) is 0. The Balaban J connectivity index is 3.11. The number of halogens is 1. The molecule has 0 unspecified atom stereocenters. The molecule has 3 heteroatoms. The number of hydrogen-bond donors (Lipinski definition) is 0. The zero-order chi connectivity index (χ0) is 12.0. The van der Waals surface area contributed by atoms with Gasteiger partial charge in [-0.1, -0.05) is 30.7 Å². The van der Waals surface area contributed by atoms with Crippen molar-refractivity contribution in [3.63, 3.8) is 0 Å². The fraction of sp³-hybridized carbons (Fsp3) is 0.308. The summed E-state index contributed by atoms with van der Waals surface area (Å²) < 4.78 is 0. The molecular formula is C13H16ClNO. The lowest BCUT2D eigenvalue weighted by Crippen LogP contribution is -2.25. The summed E-state index contributed by atoms with van der Waals surface area (Å²) in [5.41, 5.74) is 1.43. The summed E-state index contributed by atoms with van der Waals surface area (Å²) >= 11 is 5.99. The summed E-state index contributed by atoms with van der Waals surface area (Å²) in [4.78, 5) is 13.1. The van der Waals surface area contributed by atoms with Crippen LogP contribution in [0.1, 0.15) is 23.7 Å². The van der Waals surface area contributed by atoms with Crippen molar-refractivity contribution >= 4 is 23.6 Å². The van der Waals surface area contributed by atoms with Gasteiger partial charge in [0.1, 0.15) is 0 Å². The molecular weight excluding hydrogens is 222 g/mol. The van der Waals surface area contributed by atoms with Gasteiger partial charge in [0.05, 0.1) is 10.6 Å². The van der Waals surface area contributed by atoms with Crippen molar-refractivity contribution < 1.29 is 4.79 Å². The molecule has 0 amide bonds. The Morgan fingerprint density at radius 2 is 2.25 bits per heavy atom. The van der Waals surface area contributed by atoms with Gasteiger partial charge in [0, 0.05) is 18.8 Å². The first-order valence-corrected chi connectivity index (χ1v) is 5.72. The van der Waals surface area contributed by atoms with Crippen molar-refractivity contribution in [3.05, 3.63) is 41.4 Å². The minimum absolute atomic E-state index is 0.498. The van der Waals surface area contributed by atoms with E-state index in [2.05, 4.69) is 18.4 Å². The molecule has 0 heterocycles. The summed E-state index contributed by atoms with van der Waals surface area (Å²) in [6.07, 6.45) is 3.65. The van der Waals surface area contributed by atoms with Gasteiger partial charge in [-0.2, -0.15) is 0 Å². The van der Waals surface area contributed by atoms with E-state index in [4.69, 9.17) is 11.6 Å². The number of nitrogens with zero attached hydrogens (tertiary/aromatic N) is 1. The van der Waals surface area contributed by atoms with Crippen LogP contribution in [-0.4, -0.2) is 19.4 Å². The fourth-order valence-corrected chi connectivity index (χ4v) is 1.87. The maximum absolute atomic E-state index is 11.0. The molecule has 2 nitrogen and oxygen atoms in total. The monoisotopic (exact) mass is 237 g/mol. The molecule has 1 aromatic rings. The molecule has 0 aliphatic rings. The summed E-state index contributed by atoms with van der Waals surface area (Å²) in [6.45, 7) is 7.42. The molecule has 0 aromatic heterocycles. The molecule has 1 rings (SSSR count). The summed E-state index contributed by atoms with van der Waals surface area (Å²) in [6, 6.07) is 5.50. The molecule has 0 bridgehead atoms. The van der Waals surface area contributed by atoms with E-state index in [0.717, 1.165) is 31.5 Å². The Morgan fingerprint density at radius 3 is 2.81 bits per heavy atom. The molecule has 1 aromatic carbocycles. The average Bonchev–Trinajstić information content (AvgIpc) is 2.28. The standard InChI is InChI=1S/C13H16ClNO/c1-3-8-15(9-4-2)13-7-5-6-12(14)11(13)10-16/h3,5-7,10H,1,4,8-9H2,2H3. The van der Waals surface area contributed by atoms with Gasteiger partial charge in [-0.25, -0.2) is 0 Å². The molecule has 16 heavy (non-hydrogen) atoms. The first kappa shape index (κ1) is 12.8. The normalized spacial score (nSPS) is 9.88. The van der Waals surface area contributed by atoms with Crippen molar-refractivity contribution in [3.8, 4) is 0 Å². The van der Waals surface area contributed by atoms with Crippen LogP contribution in [0.5, 0.6) is 0 Å². The molecule has 86 valence electrons. The molecule has 0 saturated heterocycles. The van der Waals surface area contributed by atoms with E-state index in [1.54, 1.807) is 6.07 Å². The van der Waals surface area contributed by atoms with Gasteiger partial charge in [0.15, 0.2) is 6.29 Å². The number of aldehydes is 1. The maximum Gasteiger partial charge on any atom is 0.153 e. The Bertz CT molecular complexity index is 376. The second-order valence-electron chi connectivity index (χ2n) is 3.53. The van der Waals surface area contributed by atoms with Crippen LogP contribution in [0.2, 0.25) is 5.02 Å². The van der Waals surface area contributed by atoms with Crippen LogP contribution >= 0.6 is 11.6 Å². The zero-order valence-electron chi connectivity index (χ0n) is 9.45. The third kappa shape index (κ3) is 2.86. The molecule has 0 N–H and O–H groups in total. The highest BCUT2D eigenvalue weighted by atomic mass is 35.5. The van der Waals surface area contributed by atoms with E-state index >= 15 is 0 Å². The van der Waals surface area contributed by atoms with E-state index in [0.29, 0.717) is 10.6 Å². The van der Waals surface area contributed by atoms with Gasteiger partial charge >= 0.3 is 0 Å². The van der Waals surface area contributed by atoms with E-state index in [1.165, 1.54) is 0 Å². The fourth-order valence-electron chi connectivity index (χ4n) is 1.65. The molecule has 0 fully saturated rings. The lowest BCUT2D eigenvalue weighted by molar-refractivity contribution is 0.112. The van der Waals surface area contributed by atoms with Crippen LogP contribution in [0, 0.1) is 0 Å². The number of hydrogen-bond acceptors (Lipinski definition) is 2. The van der Waals surface area contributed by atoms with Gasteiger partial charge in [0.25, 0.3) is 0 Å². The molecule has 0 atom stereocenters. The van der Waals surface area contributed by atoms with Gasteiger partial charge in [-0.3, -0.25) is 4.79 Å². The van der Waals surface area contributed by atoms with Gasteiger partial charge < -0.3 is 4.90 Å². The quantitative estimate of drug-likeness (QED) is 0.557. The number of carbonyl (C=O) groups excluding carboxylic acids is 1. The van der Waals surface area contributed by atoms with Crippen LogP contribution in [-0.2, 0) is 0 Å². The second-order valence-corrected chi connectivity index (χ2v) is 3.93. The van der Waals surface area contributed by atoms with Crippen LogP contribution in [0.25, 0.3) is 0 Å². The number of anilines is 1. The van der Waals surface area contributed by atoms with Crippen molar-refractivity contribution in [1.29, 1.82) is 0 Å². The average molecular weight is 238 g/mol. The van der Waals surface area contributed by atoms with E-state index < -0.39 is 0 Å². The highest BCUT2D eigenvalue weighted by molar-refractivity contribution is 6.33. The van der Waals surface area contributed by atoms with Crippen LogP contribution < -0.4 is 4.90 Å². The first-order valence-electron chi connectivity index (χ1n) is 5.34. The van der Waals surface area contributed by atoms with E-state index in [-0.39, 0.29) is 0 Å². The third-order valence-electron chi connectivity index (χ3n) is 2.33. The maximum atomic E-state index is 11.0. The zero-order valence-corrected chi connectivity index (χ0v) is 10.2. The van der Waals surface area contributed by atoms with Crippen LogP contribution in [0.15, 0.2) is 30.9 Å². The highest BCUT2D eigenvalue weighted by Gasteiger charge is 2.11.